The van der Waals surface area contributed by atoms with Crippen LogP contribution >= 0.6 is 0 Å². The van der Waals surface area contributed by atoms with Gasteiger partial charge in [-0.25, -0.2) is 0 Å². The first-order valence-corrected chi connectivity index (χ1v) is 7.86. The Hall–Kier alpha value is 0. The molecule has 0 amide bonds. The summed E-state index contributed by atoms with van der Waals surface area (Å²) in [5.41, 5.74) is 0. The van der Waals surface area contributed by atoms with Gasteiger partial charge >= 0.3 is 0 Å². The van der Waals surface area contributed by atoms with Gasteiger partial charge in [0.25, 0.3) is 0 Å². The van der Waals surface area contributed by atoms with Crippen molar-refractivity contribution in [3.05, 3.63) is 0 Å². The van der Waals surface area contributed by atoms with Crippen LogP contribution < -0.4 is 0 Å². The monoisotopic (exact) mass is 224 g/mol. The van der Waals surface area contributed by atoms with E-state index in [1.54, 1.807) is 6.42 Å². The van der Waals surface area contributed by atoms with Crippen molar-refractivity contribution in [2.24, 2.45) is 11.8 Å². The summed E-state index contributed by atoms with van der Waals surface area (Å²) in [4.78, 5) is 0. The van der Waals surface area contributed by atoms with Crippen LogP contribution in [0.3, 0.4) is 0 Å². The summed E-state index contributed by atoms with van der Waals surface area (Å²) in [6, 6.07) is 0. The molecule has 16 heavy (non-hydrogen) atoms. The predicted octanol–water partition coefficient (Wildman–Crippen LogP) is 5.95. The fourth-order valence-electron chi connectivity index (χ4n) is 3.29. The molecule has 2 atom stereocenters. The van der Waals surface area contributed by atoms with Gasteiger partial charge in [-0.2, -0.15) is 0 Å². The fourth-order valence-corrected chi connectivity index (χ4v) is 3.29. The van der Waals surface area contributed by atoms with Gasteiger partial charge in [0.15, 0.2) is 0 Å². The maximum atomic E-state index is 2.31. The van der Waals surface area contributed by atoms with Crippen molar-refractivity contribution in [1.29, 1.82) is 0 Å². The summed E-state index contributed by atoms with van der Waals surface area (Å²) in [7, 11) is 0. The molecule has 0 saturated heterocycles. The Morgan fingerprint density at radius 1 is 0.750 bits per heavy atom. The molecule has 0 aromatic heterocycles. The molecule has 0 bridgehead atoms. The lowest BCUT2D eigenvalue weighted by molar-refractivity contribution is 0.235. The van der Waals surface area contributed by atoms with Crippen LogP contribution in [0, 0.1) is 11.8 Å². The molecule has 0 heterocycles. The van der Waals surface area contributed by atoms with E-state index in [1.807, 2.05) is 0 Å². The summed E-state index contributed by atoms with van der Waals surface area (Å²) in [6.07, 6.45) is 17.9. The van der Waals surface area contributed by atoms with E-state index in [2.05, 4.69) is 13.8 Å². The smallest absolute Gasteiger partial charge is 0.0412 e. The van der Waals surface area contributed by atoms with Crippen molar-refractivity contribution in [3.63, 3.8) is 0 Å². The lowest BCUT2D eigenvalue weighted by atomic mass is 9.77. The van der Waals surface area contributed by atoms with Gasteiger partial charge in [0.2, 0.25) is 0 Å². The Morgan fingerprint density at radius 2 is 1.25 bits per heavy atom. The fraction of sp³-hybridized carbons (Fsp3) is 1.00. The number of rotatable bonds is 8. The summed E-state index contributed by atoms with van der Waals surface area (Å²) in [5, 5.41) is 0. The van der Waals surface area contributed by atoms with E-state index < -0.39 is 0 Å². The van der Waals surface area contributed by atoms with E-state index in [4.69, 9.17) is 0 Å². The van der Waals surface area contributed by atoms with Gasteiger partial charge in [-0.1, -0.05) is 84.5 Å². The quantitative estimate of drug-likeness (QED) is 0.447. The molecule has 1 aliphatic carbocycles. The average molecular weight is 224 g/mol. The van der Waals surface area contributed by atoms with Crippen molar-refractivity contribution in [2.75, 3.05) is 0 Å². The van der Waals surface area contributed by atoms with Crippen LogP contribution in [0.5, 0.6) is 0 Å². The highest BCUT2D eigenvalue weighted by Gasteiger charge is 2.20. The van der Waals surface area contributed by atoms with E-state index in [9.17, 15) is 0 Å². The minimum Gasteiger partial charge on any atom is -0.0654 e. The van der Waals surface area contributed by atoms with Gasteiger partial charge in [0, 0.05) is 0 Å². The minimum absolute atomic E-state index is 1.09. The molecular weight excluding hydrogens is 192 g/mol. The third kappa shape index (κ3) is 5.92. The van der Waals surface area contributed by atoms with Gasteiger partial charge in [-0.15, -0.1) is 0 Å². The zero-order valence-electron chi connectivity index (χ0n) is 11.6. The Balaban J connectivity index is 2.09. The first-order valence-electron chi connectivity index (χ1n) is 7.86. The molecular formula is C16H32. The zero-order chi connectivity index (χ0) is 11.6. The SMILES string of the molecule is CCCCCC1CCCC(CCCCC)C1. The van der Waals surface area contributed by atoms with Crippen LogP contribution in [0.15, 0.2) is 0 Å². The van der Waals surface area contributed by atoms with E-state index in [0.29, 0.717) is 0 Å². The first-order chi connectivity index (χ1) is 7.86. The van der Waals surface area contributed by atoms with Gasteiger partial charge in [0.05, 0.1) is 0 Å². The molecule has 0 N–H and O–H groups in total. The third-order valence-electron chi connectivity index (χ3n) is 4.32. The normalized spacial score (nSPS) is 25.9. The average Bonchev–Trinajstić information content (AvgIpc) is 2.30. The van der Waals surface area contributed by atoms with Crippen LogP contribution in [0.25, 0.3) is 0 Å². The van der Waals surface area contributed by atoms with E-state index in [-0.39, 0.29) is 0 Å². The summed E-state index contributed by atoms with van der Waals surface area (Å²) in [6.45, 7) is 4.63. The van der Waals surface area contributed by atoms with Gasteiger partial charge in [-0.05, 0) is 18.3 Å². The summed E-state index contributed by atoms with van der Waals surface area (Å²) < 4.78 is 0. The standard InChI is InChI=1S/C16H32/c1-3-5-7-10-15-12-9-13-16(14-15)11-8-6-4-2/h15-16H,3-14H2,1-2H3. The second-order valence-electron chi connectivity index (χ2n) is 5.89. The molecule has 0 heteroatoms. The van der Waals surface area contributed by atoms with E-state index in [1.165, 1.54) is 70.6 Å². The Kier molecular flexibility index (Phi) is 7.98. The minimum atomic E-state index is 1.09. The van der Waals surface area contributed by atoms with Crippen molar-refractivity contribution in [2.45, 2.75) is 90.9 Å². The molecule has 1 saturated carbocycles. The van der Waals surface area contributed by atoms with Crippen molar-refractivity contribution >= 4 is 0 Å². The molecule has 0 radical (unpaired) electrons. The Morgan fingerprint density at radius 3 is 1.69 bits per heavy atom. The topological polar surface area (TPSA) is 0 Å². The molecule has 1 aliphatic rings. The molecule has 0 spiro atoms. The van der Waals surface area contributed by atoms with Crippen LogP contribution in [0.2, 0.25) is 0 Å². The van der Waals surface area contributed by atoms with Crippen molar-refractivity contribution in [1.82, 2.24) is 0 Å². The predicted molar refractivity (Wildman–Crippen MR) is 73.7 cm³/mol. The van der Waals surface area contributed by atoms with E-state index >= 15 is 0 Å². The molecule has 1 fully saturated rings. The number of unbranched alkanes of at least 4 members (excludes halogenated alkanes) is 4. The number of hydrogen-bond acceptors (Lipinski definition) is 0. The molecule has 0 aromatic carbocycles. The van der Waals surface area contributed by atoms with Gasteiger partial charge in [0.1, 0.15) is 0 Å². The Labute approximate surface area is 103 Å². The van der Waals surface area contributed by atoms with Gasteiger partial charge < -0.3 is 0 Å². The van der Waals surface area contributed by atoms with Crippen molar-refractivity contribution < 1.29 is 0 Å². The second kappa shape index (κ2) is 9.07. The van der Waals surface area contributed by atoms with Crippen LogP contribution in [-0.2, 0) is 0 Å². The van der Waals surface area contributed by atoms with Crippen LogP contribution in [-0.4, -0.2) is 0 Å². The molecule has 0 aromatic rings. The molecule has 96 valence electrons. The highest BCUT2D eigenvalue weighted by atomic mass is 14.3. The molecule has 1 rings (SSSR count). The van der Waals surface area contributed by atoms with Crippen LogP contribution in [0.4, 0.5) is 0 Å². The second-order valence-corrected chi connectivity index (χ2v) is 5.89. The Bertz CT molecular complexity index is 134. The molecule has 2 unspecified atom stereocenters. The molecule has 0 nitrogen and oxygen atoms in total. The lowest BCUT2D eigenvalue weighted by Gasteiger charge is -2.29. The third-order valence-corrected chi connectivity index (χ3v) is 4.32. The summed E-state index contributed by atoms with van der Waals surface area (Å²) >= 11 is 0. The first kappa shape index (κ1) is 14.1. The largest absolute Gasteiger partial charge is 0.0654 e. The molecule has 0 aliphatic heterocycles. The highest BCUT2D eigenvalue weighted by molar-refractivity contribution is 4.73. The van der Waals surface area contributed by atoms with E-state index in [0.717, 1.165) is 11.8 Å². The maximum absolute atomic E-state index is 2.31. The van der Waals surface area contributed by atoms with Crippen molar-refractivity contribution in [3.8, 4) is 0 Å². The van der Waals surface area contributed by atoms with Gasteiger partial charge in [-0.3, -0.25) is 0 Å². The summed E-state index contributed by atoms with van der Waals surface area (Å²) in [5.74, 6) is 2.18. The van der Waals surface area contributed by atoms with Crippen LogP contribution in [0.1, 0.15) is 90.9 Å². The maximum Gasteiger partial charge on any atom is -0.0412 e. The highest BCUT2D eigenvalue weighted by Crippen LogP contribution is 2.34. The number of hydrogen-bond donors (Lipinski definition) is 0. The lowest BCUT2D eigenvalue weighted by Crippen LogP contribution is -2.15. The zero-order valence-corrected chi connectivity index (χ0v) is 11.6.